The van der Waals surface area contributed by atoms with Gasteiger partial charge >= 0.3 is 0 Å². The number of rotatable bonds is 6. The van der Waals surface area contributed by atoms with Gasteiger partial charge in [0.05, 0.1) is 5.69 Å². The molecule has 4 rings (SSSR count). The maximum atomic E-state index is 4.61. The molecule has 2 aromatic heterocycles. The highest BCUT2D eigenvalue weighted by atomic mass is 15.3. The lowest BCUT2D eigenvalue weighted by Crippen LogP contribution is -2.26. The molecule has 1 atom stereocenters. The van der Waals surface area contributed by atoms with Crippen molar-refractivity contribution in [1.29, 1.82) is 0 Å². The summed E-state index contributed by atoms with van der Waals surface area (Å²) in [5.41, 5.74) is 4.64. The van der Waals surface area contributed by atoms with Gasteiger partial charge in [-0.3, -0.25) is 9.67 Å². The molecule has 0 bridgehead atoms. The normalized spacial score (nSPS) is 17.0. The van der Waals surface area contributed by atoms with Crippen LogP contribution in [-0.2, 0) is 13.6 Å². The lowest BCUT2D eigenvalue weighted by Gasteiger charge is -2.18. The van der Waals surface area contributed by atoms with Gasteiger partial charge in [0, 0.05) is 68.6 Å². The van der Waals surface area contributed by atoms with Gasteiger partial charge in [-0.1, -0.05) is 18.2 Å². The summed E-state index contributed by atoms with van der Waals surface area (Å²) in [4.78, 5) is 6.70. The van der Waals surface area contributed by atoms with Crippen molar-refractivity contribution in [2.45, 2.75) is 13.0 Å². The molecule has 1 aliphatic heterocycles. The minimum atomic E-state index is 0.689. The molecule has 1 fully saturated rings. The Bertz CT molecular complexity index is 828. The molecule has 0 saturated carbocycles. The summed E-state index contributed by atoms with van der Waals surface area (Å²) in [7, 11) is 1.97. The van der Waals surface area contributed by atoms with E-state index in [0.717, 1.165) is 37.4 Å². The summed E-state index contributed by atoms with van der Waals surface area (Å²) in [5, 5.41) is 8.25. The van der Waals surface area contributed by atoms with E-state index in [-0.39, 0.29) is 0 Å². The second kappa shape index (κ2) is 7.70. The van der Waals surface area contributed by atoms with Gasteiger partial charge < -0.3 is 10.2 Å². The minimum absolute atomic E-state index is 0.689. The van der Waals surface area contributed by atoms with Crippen LogP contribution in [0.15, 0.2) is 61.1 Å². The van der Waals surface area contributed by atoms with Crippen molar-refractivity contribution in [3.05, 3.63) is 66.6 Å². The Morgan fingerprint density at radius 1 is 1.15 bits per heavy atom. The maximum absolute atomic E-state index is 4.61. The highest BCUT2D eigenvalue weighted by molar-refractivity contribution is 5.61. The van der Waals surface area contributed by atoms with Crippen molar-refractivity contribution in [2.24, 2.45) is 13.0 Å². The summed E-state index contributed by atoms with van der Waals surface area (Å²) in [6.07, 6.45) is 7.01. The second-order valence-electron chi connectivity index (χ2n) is 6.99. The van der Waals surface area contributed by atoms with Crippen molar-refractivity contribution in [2.75, 3.05) is 24.5 Å². The average molecular weight is 347 g/mol. The summed E-state index contributed by atoms with van der Waals surface area (Å²) in [6.45, 7) is 4.13. The van der Waals surface area contributed by atoms with Crippen molar-refractivity contribution in [3.8, 4) is 11.3 Å². The van der Waals surface area contributed by atoms with E-state index < -0.39 is 0 Å². The second-order valence-corrected chi connectivity index (χ2v) is 6.99. The third kappa shape index (κ3) is 3.78. The lowest BCUT2D eigenvalue weighted by molar-refractivity contribution is 0.517. The van der Waals surface area contributed by atoms with Gasteiger partial charge in [-0.05, 0) is 36.6 Å². The molecule has 5 heteroatoms. The van der Waals surface area contributed by atoms with Gasteiger partial charge in [-0.15, -0.1) is 0 Å². The van der Waals surface area contributed by atoms with Crippen LogP contribution in [0.25, 0.3) is 11.3 Å². The Labute approximate surface area is 154 Å². The third-order valence-electron chi connectivity index (χ3n) is 5.00. The fourth-order valence-electron chi connectivity index (χ4n) is 3.70. The van der Waals surface area contributed by atoms with Crippen LogP contribution < -0.4 is 10.2 Å². The first-order chi connectivity index (χ1) is 12.8. The molecule has 0 unspecified atom stereocenters. The highest BCUT2D eigenvalue weighted by Gasteiger charge is 2.22. The molecule has 0 amide bonds. The Hall–Kier alpha value is -2.66. The van der Waals surface area contributed by atoms with Gasteiger partial charge in [0.15, 0.2) is 0 Å². The monoisotopic (exact) mass is 347 g/mol. The van der Waals surface area contributed by atoms with Gasteiger partial charge in [0.25, 0.3) is 0 Å². The lowest BCUT2D eigenvalue weighted by atomic mass is 10.1. The van der Waals surface area contributed by atoms with Crippen molar-refractivity contribution in [3.63, 3.8) is 0 Å². The van der Waals surface area contributed by atoms with E-state index in [9.17, 15) is 0 Å². The molecule has 26 heavy (non-hydrogen) atoms. The van der Waals surface area contributed by atoms with E-state index in [1.807, 2.05) is 24.0 Å². The summed E-state index contributed by atoms with van der Waals surface area (Å²) >= 11 is 0. The van der Waals surface area contributed by atoms with Crippen molar-refractivity contribution in [1.82, 2.24) is 20.1 Å². The Kier molecular flexibility index (Phi) is 4.97. The molecule has 5 nitrogen and oxygen atoms in total. The number of nitrogens with one attached hydrogen (secondary N) is 1. The number of hydrogen-bond acceptors (Lipinski definition) is 4. The largest absolute Gasteiger partial charge is 0.371 e. The number of anilines is 1. The summed E-state index contributed by atoms with van der Waals surface area (Å²) in [5.74, 6) is 0.689. The predicted molar refractivity (Wildman–Crippen MR) is 105 cm³/mol. The number of benzene rings is 1. The maximum Gasteiger partial charge on any atom is 0.0983 e. The first-order valence-electron chi connectivity index (χ1n) is 9.23. The van der Waals surface area contributed by atoms with Gasteiger partial charge in [-0.2, -0.15) is 5.10 Å². The molecule has 1 N–H and O–H groups in total. The molecular formula is C21H25N5. The van der Waals surface area contributed by atoms with Crippen LogP contribution in [0.5, 0.6) is 0 Å². The zero-order valence-electron chi connectivity index (χ0n) is 15.2. The Morgan fingerprint density at radius 3 is 2.85 bits per heavy atom. The summed E-state index contributed by atoms with van der Waals surface area (Å²) in [6, 6.07) is 14.7. The van der Waals surface area contributed by atoms with Crippen LogP contribution in [0.3, 0.4) is 0 Å². The molecule has 1 saturated heterocycles. The van der Waals surface area contributed by atoms with Gasteiger partial charge in [0.2, 0.25) is 0 Å². The minimum Gasteiger partial charge on any atom is -0.371 e. The van der Waals surface area contributed by atoms with Gasteiger partial charge in [-0.25, -0.2) is 0 Å². The van der Waals surface area contributed by atoms with Crippen LogP contribution in [-0.4, -0.2) is 34.4 Å². The standard InChI is InChI=1S/C21H25N5/c1-25-16-19(21(24-25)18-6-5-10-22-13-18)14-23-12-17-9-11-26(15-17)20-7-3-2-4-8-20/h2-8,10,13,16-17,23H,9,11-12,14-15H2,1H3/t17-/m1/s1. The fourth-order valence-corrected chi connectivity index (χ4v) is 3.70. The fraction of sp³-hybridized carbons (Fsp3) is 0.333. The van der Waals surface area contributed by atoms with Crippen LogP contribution in [0, 0.1) is 5.92 Å². The van der Waals surface area contributed by atoms with E-state index in [1.165, 1.54) is 17.7 Å². The van der Waals surface area contributed by atoms with Crippen LogP contribution in [0.1, 0.15) is 12.0 Å². The molecule has 0 aliphatic carbocycles. The SMILES string of the molecule is Cn1cc(CNC[C@H]2CCN(c3ccccc3)C2)c(-c2cccnc2)n1. The van der Waals surface area contributed by atoms with Gasteiger partial charge in [0.1, 0.15) is 0 Å². The Morgan fingerprint density at radius 2 is 2.04 bits per heavy atom. The van der Waals surface area contributed by atoms with Crippen molar-refractivity contribution >= 4 is 5.69 Å². The number of nitrogens with zero attached hydrogens (tertiary/aromatic N) is 4. The first kappa shape index (κ1) is 16.8. The molecule has 134 valence electrons. The van der Waals surface area contributed by atoms with E-state index in [1.54, 1.807) is 6.20 Å². The third-order valence-corrected chi connectivity index (χ3v) is 5.00. The van der Waals surface area contributed by atoms with E-state index in [2.05, 4.69) is 62.9 Å². The van der Waals surface area contributed by atoms with E-state index >= 15 is 0 Å². The van der Waals surface area contributed by atoms with E-state index in [4.69, 9.17) is 0 Å². The number of pyridine rings is 1. The molecule has 3 heterocycles. The topological polar surface area (TPSA) is 46.0 Å². The van der Waals surface area contributed by atoms with Crippen molar-refractivity contribution < 1.29 is 0 Å². The molecule has 0 radical (unpaired) electrons. The number of aromatic nitrogens is 3. The molecule has 1 aromatic carbocycles. The molecule has 3 aromatic rings. The number of aryl methyl sites for hydroxylation is 1. The number of hydrogen-bond donors (Lipinski definition) is 1. The van der Waals surface area contributed by atoms with E-state index in [0.29, 0.717) is 5.92 Å². The summed E-state index contributed by atoms with van der Waals surface area (Å²) < 4.78 is 1.88. The smallest absolute Gasteiger partial charge is 0.0983 e. The average Bonchev–Trinajstić information content (AvgIpc) is 3.30. The Balaban J connectivity index is 1.33. The number of para-hydroxylation sites is 1. The molecule has 0 spiro atoms. The van der Waals surface area contributed by atoms with Crippen LogP contribution in [0.4, 0.5) is 5.69 Å². The molecule has 1 aliphatic rings. The first-order valence-corrected chi connectivity index (χ1v) is 9.23. The highest BCUT2D eigenvalue weighted by Crippen LogP contribution is 2.24. The predicted octanol–water partition coefficient (Wildman–Crippen LogP) is 3.10. The molecular weight excluding hydrogens is 322 g/mol. The quantitative estimate of drug-likeness (QED) is 0.744. The van der Waals surface area contributed by atoms with Crippen LogP contribution >= 0.6 is 0 Å². The van der Waals surface area contributed by atoms with Crippen LogP contribution in [0.2, 0.25) is 0 Å². The zero-order valence-corrected chi connectivity index (χ0v) is 15.2. The zero-order chi connectivity index (χ0) is 17.8.